The minimum Gasteiger partial charge on any atom is -0.451 e. The monoisotopic (exact) mass is 363 g/mol. The Morgan fingerprint density at radius 2 is 2.00 bits per heavy atom. The molecule has 0 aliphatic carbocycles. The first-order valence-electron chi connectivity index (χ1n) is 7.99. The van der Waals surface area contributed by atoms with Gasteiger partial charge in [0.1, 0.15) is 10.7 Å². The van der Waals surface area contributed by atoms with Crippen molar-refractivity contribution in [2.45, 2.75) is 6.92 Å². The lowest BCUT2D eigenvalue weighted by Crippen LogP contribution is -2.16. The smallest absolute Gasteiger partial charge is 0.307 e. The van der Waals surface area contributed by atoms with Crippen molar-refractivity contribution in [2.24, 2.45) is 5.10 Å². The summed E-state index contributed by atoms with van der Waals surface area (Å²) in [6.07, 6.45) is 1.47. The largest absolute Gasteiger partial charge is 0.451 e. The number of furan rings is 1. The van der Waals surface area contributed by atoms with Crippen molar-refractivity contribution in [3.05, 3.63) is 76.6 Å². The predicted molar refractivity (Wildman–Crippen MR) is 103 cm³/mol. The summed E-state index contributed by atoms with van der Waals surface area (Å²) in [5.74, 6) is -0.237. The average Bonchev–Trinajstić information content (AvgIpc) is 3.06. The molecule has 1 N–H and O–H groups in total. The number of aryl methyl sites for hydroxylation is 1. The Morgan fingerprint density at radius 3 is 2.85 bits per heavy atom. The third-order valence-corrected chi connectivity index (χ3v) is 4.28. The molecule has 0 fully saturated rings. The van der Waals surface area contributed by atoms with Gasteiger partial charge in [0.25, 0.3) is 0 Å². The van der Waals surface area contributed by atoms with E-state index in [1.165, 1.54) is 6.21 Å². The highest BCUT2D eigenvalue weighted by Crippen LogP contribution is 2.21. The van der Waals surface area contributed by atoms with Gasteiger partial charge in [-0.1, -0.05) is 41.9 Å². The lowest BCUT2D eigenvalue weighted by Gasteiger charge is -2.03. The zero-order valence-electron chi connectivity index (χ0n) is 13.9. The van der Waals surface area contributed by atoms with Crippen LogP contribution in [0.3, 0.4) is 0 Å². The third-order valence-electron chi connectivity index (χ3n) is 3.97. The van der Waals surface area contributed by atoms with E-state index in [-0.39, 0.29) is 5.76 Å². The molecule has 26 heavy (non-hydrogen) atoms. The van der Waals surface area contributed by atoms with Crippen molar-refractivity contribution in [1.82, 2.24) is 10.4 Å². The topological polar surface area (TPSA) is 67.5 Å². The van der Waals surface area contributed by atoms with Crippen molar-refractivity contribution in [1.29, 1.82) is 0 Å². The molecule has 5 nitrogen and oxygen atoms in total. The number of hydrogen-bond acceptors (Lipinski definition) is 4. The Kier molecular flexibility index (Phi) is 4.14. The van der Waals surface area contributed by atoms with Gasteiger partial charge in [-0.15, -0.1) is 0 Å². The molecule has 1 amide bonds. The molecule has 0 saturated carbocycles. The van der Waals surface area contributed by atoms with E-state index < -0.39 is 5.91 Å². The molecule has 0 spiro atoms. The fraction of sp³-hybridized carbons (Fsp3) is 0.0500. The Labute approximate surface area is 154 Å². The summed E-state index contributed by atoms with van der Waals surface area (Å²) in [5.41, 5.74) is 5.64. The van der Waals surface area contributed by atoms with E-state index in [2.05, 4.69) is 15.5 Å². The number of para-hydroxylation sites is 1. The van der Waals surface area contributed by atoms with Crippen LogP contribution in [0.25, 0.3) is 21.9 Å². The molecule has 2 aromatic carbocycles. The number of hydrazone groups is 1. The molecule has 0 bridgehead atoms. The maximum atomic E-state index is 12.2. The summed E-state index contributed by atoms with van der Waals surface area (Å²) in [6.45, 7) is 2.00. The molecule has 0 saturated heterocycles. The lowest BCUT2D eigenvalue weighted by molar-refractivity contribution is 0.0929. The van der Waals surface area contributed by atoms with Crippen molar-refractivity contribution in [2.75, 3.05) is 0 Å². The van der Waals surface area contributed by atoms with Crippen molar-refractivity contribution < 1.29 is 9.21 Å². The highest BCUT2D eigenvalue weighted by molar-refractivity contribution is 6.32. The second-order valence-electron chi connectivity index (χ2n) is 5.91. The molecule has 0 aliphatic rings. The first-order chi connectivity index (χ1) is 12.6. The van der Waals surface area contributed by atoms with Gasteiger partial charge in [0, 0.05) is 16.3 Å². The van der Waals surface area contributed by atoms with Crippen LogP contribution >= 0.6 is 11.6 Å². The molecule has 0 radical (unpaired) electrons. The summed E-state index contributed by atoms with van der Waals surface area (Å²) in [5, 5.41) is 6.10. The molecule has 4 aromatic rings. The maximum absolute atomic E-state index is 12.2. The first kappa shape index (κ1) is 16.3. The quantitative estimate of drug-likeness (QED) is 0.325. The average molecular weight is 364 g/mol. The number of pyridine rings is 1. The zero-order valence-corrected chi connectivity index (χ0v) is 14.6. The number of aromatic nitrogens is 1. The van der Waals surface area contributed by atoms with Gasteiger partial charge in [-0.3, -0.25) is 4.79 Å². The van der Waals surface area contributed by atoms with E-state index in [1.807, 2.05) is 49.4 Å². The summed E-state index contributed by atoms with van der Waals surface area (Å²) in [6, 6.07) is 16.9. The number of nitrogens with one attached hydrogen (secondary N) is 1. The van der Waals surface area contributed by atoms with Crippen molar-refractivity contribution in [3.63, 3.8) is 0 Å². The van der Waals surface area contributed by atoms with E-state index in [1.54, 1.807) is 12.1 Å². The highest BCUT2D eigenvalue weighted by atomic mass is 35.5. The van der Waals surface area contributed by atoms with Crippen LogP contribution in [-0.2, 0) is 0 Å². The van der Waals surface area contributed by atoms with Crippen LogP contribution in [0.5, 0.6) is 0 Å². The number of nitrogens with zero attached hydrogens (tertiary/aromatic N) is 2. The molecule has 6 heteroatoms. The van der Waals surface area contributed by atoms with Gasteiger partial charge in [-0.05, 0) is 36.8 Å². The molecule has 4 rings (SSSR count). The van der Waals surface area contributed by atoms with E-state index in [9.17, 15) is 4.79 Å². The first-order valence-corrected chi connectivity index (χ1v) is 8.37. The van der Waals surface area contributed by atoms with Crippen LogP contribution in [0.2, 0.25) is 5.15 Å². The fourth-order valence-corrected chi connectivity index (χ4v) is 2.86. The number of carbonyl (C=O) groups is 1. The minimum atomic E-state index is -0.432. The molecule has 0 atom stereocenters. The van der Waals surface area contributed by atoms with Crippen molar-refractivity contribution >= 4 is 45.6 Å². The van der Waals surface area contributed by atoms with Crippen LogP contribution < -0.4 is 5.43 Å². The van der Waals surface area contributed by atoms with E-state index in [0.29, 0.717) is 16.3 Å². The molecule has 128 valence electrons. The Hall–Kier alpha value is -3.18. The van der Waals surface area contributed by atoms with Gasteiger partial charge in [-0.2, -0.15) is 5.10 Å². The second-order valence-corrected chi connectivity index (χ2v) is 6.27. The van der Waals surface area contributed by atoms with Gasteiger partial charge in [0.2, 0.25) is 0 Å². The number of halogens is 1. The SMILES string of the molecule is Cc1ccc2cc(C=NNC(=O)c3cc4ccccc4o3)c(Cl)nc2c1. The van der Waals surface area contributed by atoms with Gasteiger partial charge in [-0.25, -0.2) is 10.4 Å². The highest BCUT2D eigenvalue weighted by Gasteiger charge is 2.11. The summed E-state index contributed by atoms with van der Waals surface area (Å²) < 4.78 is 5.50. The summed E-state index contributed by atoms with van der Waals surface area (Å²) in [7, 11) is 0. The molecule has 2 heterocycles. The maximum Gasteiger partial charge on any atom is 0.307 e. The van der Waals surface area contributed by atoms with Crippen LogP contribution in [0.15, 0.2) is 64.1 Å². The molecule has 0 aliphatic heterocycles. The van der Waals surface area contributed by atoms with Crippen LogP contribution in [0, 0.1) is 6.92 Å². The Bertz CT molecular complexity index is 1130. The fourth-order valence-electron chi connectivity index (χ4n) is 2.67. The Morgan fingerprint density at radius 1 is 1.15 bits per heavy atom. The number of rotatable bonds is 3. The lowest BCUT2D eigenvalue weighted by atomic mass is 10.1. The van der Waals surface area contributed by atoms with Crippen LogP contribution in [0.4, 0.5) is 0 Å². The normalized spacial score (nSPS) is 11.5. The Balaban J connectivity index is 1.54. The number of hydrogen-bond donors (Lipinski definition) is 1. The van der Waals surface area contributed by atoms with Crippen LogP contribution in [-0.4, -0.2) is 17.1 Å². The van der Waals surface area contributed by atoms with E-state index in [4.69, 9.17) is 16.0 Å². The summed E-state index contributed by atoms with van der Waals surface area (Å²) >= 11 is 6.21. The predicted octanol–water partition coefficient (Wildman–Crippen LogP) is 4.71. The van der Waals surface area contributed by atoms with Crippen molar-refractivity contribution in [3.8, 4) is 0 Å². The van der Waals surface area contributed by atoms with Gasteiger partial charge >= 0.3 is 5.91 Å². The van der Waals surface area contributed by atoms with Crippen LogP contribution in [0.1, 0.15) is 21.7 Å². The number of fused-ring (bicyclic) bond motifs is 2. The van der Waals surface area contributed by atoms with Gasteiger partial charge < -0.3 is 4.42 Å². The number of amides is 1. The minimum absolute atomic E-state index is 0.196. The number of carbonyl (C=O) groups excluding carboxylic acids is 1. The third kappa shape index (κ3) is 3.17. The van der Waals surface area contributed by atoms with E-state index in [0.717, 1.165) is 21.9 Å². The zero-order chi connectivity index (χ0) is 18.1. The van der Waals surface area contributed by atoms with E-state index >= 15 is 0 Å². The molecular formula is C20H14ClN3O2. The second kappa shape index (κ2) is 6.61. The molecule has 0 unspecified atom stereocenters. The van der Waals surface area contributed by atoms with Gasteiger partial charge in [0.05, 0.1) is 11.7 Å². The number of benzene rings is 2. The summed E-state index contributed by atoms with van der Waals surface area (Å²) in [4.78, 5) is 16.5. The standard InChI is InChI=1S/C20H14ClN3O2/c1-12-6-7-13-9-15(19(21)23-16(13)8-12)11-22-24-20(25)18-10-14-4-2-3-5-17(14)26-18/h2-11H,1H3,(H,24,25). The molecular weight excluding hydrogens is 350 g/mol. The molecule has 2 aromatic heterocycles. The van der Waals surface area contributed by atoms with Gasteiger partial charge in [0.15, 0.2) is 5.76 Å².